The normalized spacial score (nSPS) is 11.1. The predicted molar refractivity (Wildman–Crippen MR) is 61.0 cm³/mol. The van der Waals surface area contributed by atoms with Crippen LogP contribution < -0.4 is 11.1 Å². The van der Waals surface area contributed by atoms with Gasteiger partial charge in [-0.15, -0.1) is 0 Å². The van der Waals surface area contributed by atoms with Crippen LogP contribution in [0.5, 0.6) is 0 Å². The van der Waals surface area contributed by atoms with Gasteiger partial charge < -0.3 is 11.1 Å². The van der Waals surface area contributed by atoms with Crippen LogP contribution in [-0.2, 0) is 4.79 Å². The fourth-order valence-corrected chi connectivity index (χ4v) is 1.39. The highest BCUT2D eigenvalue weighted by molar-refractivity contribution is 9.10. The fourth-order valence-electron chi connectivity index (χ4n) is 0.989. The van der Waals surface area contributed by atoms with Crippen LogP contribution >= 0.6 is 15.9 Å². The molecule has 0 aliphatic heterocycles. The Bertz CT molecular complexity index is 350. The molecule has 0 fully saturated rings. The number of nitrogens with one attached hydrogen (secondary N) is 1. The lowest BCUT2D eigenvalue weighted by Gasteiger charge is -2.23. The number of primary amides is 1. The topological polar surface area (TPSA) is 55.1 Å². The molecule has 0 aliphatic rings. The summed E-state index contributed by atoms with van der Waals surface area (Å²) < 4.78 is 0.961. The molecule has 0 aromatic heterocycles. The van der Waals surface area contributed by atoms with Gasteiger partial charge in [0.25, 0.3) is 0 Å². The first-order valence-electron chi connectivity index (χ1n) is 4.25. The average Bonchev–Trinajstić information content (AvgIpc) is 2.02. The van der Waals surface area contributed by atoms with Crippen molar-refractivity contribution in [2.75, 3.05) is 5.32 Å². The van der Waals surface area contributed by atoms with Gasteiger partial charge in [-0.25, -0.2) is 0 Å². The number of benzene rings is 1. The number of anilines is 1. The quantitative estimate of drug-likeness (QED) is 0.871. The Kier molecular flexibility index (Phi) is 3.16. The van der Waals surface area contributed by atoms with Crippen LogP contribution in [0.3, 0.4) is 0 Å². The second kappa shape index (κ2) is 4.00. The Hall–Kier alpha value is -1.03. The maximum absolute atomic E-state index is 11.1. The molecule has 0 saturated carbocycles. The van der Waals surface area contributed by atoms with Crippen molar-refractivity contribution in [3.63, 3.8) is 0 Å². The molecule has 0 saturated heterocycles. The number of nitrogens with two attached hydrogens (primary N) is 1. The molecule has 0 atom stereocenters. The van der Waals surface area contributed by atoms with Crippen molar-refractivity contribution in [2.45, 2.75) is 19.4 Å². The van der Waals surface area contributed by atoms with Crippen LogP contribution in [-0.4, -0.2) is 11.4 Å². The molecule has 1 amide bonds. The van der Waals surface area contributed by atoms with Crippen molar-refractivity contribution in [1.29, 1.82) is 0 Å². The lowest BCUT2D eigenvalue weighted by atomic mass is 10.0. The smallest absolute Gasteiger partial charge is 0.242 e. The molecule has 1 rings (SSSR count). The number of carbonyl (C=O) groups excluding carboxylic acids is 1. The first-order valence-corrected chi connectivity index (χ1v) is 5.05. The van der Waals surface area contributed by atoms with E-state index in [4.69, 9.17) is 5.73 Å². The molecule has 1 aromatic rings. The molecule has 76 valence electrons. The van der Waals surface area contributed by atoms with Gasteiger partial charge in [0.2, 0.25) is 5.91 Å². The number of amides is 1. The molecule has 0 bridgehead atoms. The Morgan fingerprint density at radius 1 is 1.50 bits per heavy atom. The average molecular weight is 257 g/mol. The maximum Gasteiger partial charge on any atom is 0.242 e. The second-order valence-electron chi connectivity index (χ2n) is 3.62. The third-order valence-electron chi connectivity index (χ3n) is 1.90. The molecule has 4 heteroatoms. The monoisotopic (exact) mass is 256 g/mol. The first-order chi connectivity index (χ1) is 6.42. The van der Waals surface area contributed by atoms with Gasteiger partial charge >= 0.3 is 0 Å². The van der Waals surface area contributed by atoms with Crippen molar-refractivity contribution in [2.24, 2.45) is 5.73 Å². The van der Waals surface area contributed by atoms with Crippen LogP contribution in [0, 0.1) is 0 Å². The Labute approximate surface area is 91.8 Å². The van der Waals surface area contributed by atoms with Gasteiger partial charge in [0, 0.05) is 10.2 Å². The van der Waals surface area contributed by atoms with E-state index in [-0.39, 0.29) is 5.91 Å². The van der Waals surface area contributed by atoms with Gasteiger partial charge in [0.15, 0.2) is 0 Å². The lowest BCUT2D eigenvalue weighted by molar-refractivity contribution is -0.121. The highest BCUT2D eigenvalue weighted by atomic mass is 79.9. The molecule has 1 aromatic carbocycles. The van der Waals surface area contributed by atoms with Crippen LogP contribution in [0.2, 0.25) is 0 Å². The molecule has 0 aliphatic carbocycles. The van der Waals surface area contributed by atoms with E-state index in [2.05, 4.69) is 21.2 Å². The van der Waals surface area contributed by atoms with Gasteiger partial charge in [-0.05, 0) is 32.0 Å². The first kappa shape index (κ1) is 11.0. The molecule has 0 radical (unpaired) electrons. The molecule has 14 heavy (non-hydrogen) atoms. The minimum atomic E-state index is -0.735. The minimum Gasteiger partial charge on any atom is -0.372 e. The van der Waals surface area contributed by atoms with Gasteiger partial charge in [-0.3, -0.25) is 4.79 Å². The van der Waals surface area contributed by atoms with Crippen LogP contribution in [0.15, 0.2) is 28.7 Å². The van der Waals surface area contributed by atoms with E-state index in [0.29, 0.717) is 0 Å². The van der Waals surface area contributed by atoms with E-state index in [9.17, 15) is 4.79 Å². The van der Waals surface area contributed by atoms with Gasteiger partial charge in [0.1, 0.15) is 5.54 Å². The predicted octanol–water partition coefficient (Wildman–Crippen LogP) is 2.12. The number of carbonyl (C=O) groups is 1. The van der Waals surface area contributed by atoms with Crippen molar-refractivity contribution in [3.05, 3.63) is 28.7 Å². The lowest BCUT2D eigenvalue weighted by Crippen LogP contribution is -2.44. The maximum atomic E-state index is 11.1. The highest BCUT2D eigenvalue weighted by Gasteiger charge is 2.24. The summed E-state index contributed by atoms with van der Waals surface area (Å²) in [5.41, 5.74) is 5.37. The van der Waals surface area contributed by atoms with E-state index in [1.807, 2.05) is 24.3 Å². The molecule has 0 heterocycles. The molecule has 0 unspecified atom stereocenters. The van der Waals surface area contributed by atoms with Crippen molar-refractivity contribution >= 4 is 27.5 Å². The summed E-state index contributed by atoms with van der Waals surface area (Å²) in [5, 5.41) is 3.05. The number of hydrogen-bond donors (Lipinski definition) is 2. The van der Waals surface area contributed by atoms with Crippen molar-refractivity contribution < 1.29 is 4.79 Å². The molecular formula is C10H13BrN2O. The fraction of sp³-hybridized carbons (Fsp3) is 0.300. The van der Waals surface area contributed by atoms with Gasteiger partial charge in [-0.2, -0.15) is 0 Å². The summed E-state index contributed by atoms with van der Waals surface area (Å²) in [7, 11) is 0. The molecular weight excluding hydrogens is 244 g/mol. The summed E-state index contributed by atoms with van der Waals surface area (Å²) in [6.07, 6.45) is 0. The second-order valence-corrected chi connectivity index (χ2v) is 4.54. The molecule has 0 spiro atoms. The Balaban J connectivity index is 2.83. The SMILES string of the molecule is CC(C)(Nc1cccc(Br)c1)C(N)=O. The summed E-state index contributed by atoms with van der Waals surface area (Å²) in [5.74, 6) is -0.377. The van der Waals surface area contributed by atoms with E-state index in [1.165, 1.54) is 0 Å². The van der Waals surface area contributed by atoms with Crippen LogP contribution in [0.25, 0.3) is 0 Å². The number of rotatable bonds is 3. The minimum absolute atomic E-state index is 0.377. The zero-order valence-electron chi connectivity index (χ0n) is 8.17. The number of halogens is 1. The standard InChI is InChI=1S/C10H13BrN2O/c1-10(2,9(12)14)13-8-5-3-4-7(11)6-8/h3-6,13H,1-2H3,(H2,12,14). The number of hydrogen-bond acceptors (Lipinski definition) is 2. The van der Waals surface area contributed by atoms with Crippen LogP contribution in [0.1, 0.15) is 13.8 Å². The summed E-state index contributed by atoms with van der Waals surface area (Å²) in [6.45, 7) is 3.49. The van der Waals surface area contributed by atoms with Gasteiger partial charge in [-0.1, -0.05) is 22.0 Å². The third kappa shape index (κ3) is 2.73. The summed E-state index contributed by atoms with van der Waals surface area (Å²) in [6, 6.07) is 7.59. The Morgan fingerprint density at radius 3 is 2.64 bits per heavy atom. The Morgan fingerprint density at radius 2 is 2.14 bits per heavy atom. The summed E-state index contributed by atoms with van der Waals surface area (Å²) >= 11 is 3.35. The van der Waals surface area contributed by atoms with E-state index < -0.39 is 5.54 Å². The zero-order chi connectivity index (χ0) is 10.8. The van der Waals surface area contributed by atoms with Crippen molar-refractivity contribution in [3.8, 4) is 0 Å². The van der Waals surface area contributed by atoms with E-state index in [1.54, 1.807) is 13.8 Å². The van der Waals surface area contributed by atoms with Crippen molar-refractivity contribution in [1.82, 2.24) is 0 Å². The summed E-state index contributed by atoms with van der Waals surface area (Å²) in [4.78, 5) is 11.1. The van der Waals surface area contributed by atoms with E-state index >= 15 is 0 Å². The van der Waals surface area contributed by atoms with Gasteiger partial charge in [0.05, 0.1) is 0 Å². The zero-order valence-corrected chi connectivity index (χ0v) is 9.76. The van der Waals surface area contributed by atoms with Crippen LogP contribution in [0.4, 0.5) is 5.69 Å². The highest BCUT2D eigenvalue weighted by Crippen LogP contribution is 2.19. The molecule has 3 N–H and O–H groups in total. The van der Waals surface area contributed by atoms with E-state index in [0.717, 1.165) is 10.2 Å². The largest absolute Gasteiger partial charge is 0.372 e. The third-order valence-corrected chi connectivity index (χ3v) is 2.39. The molecule has 3 nitrogen and oxygen atoms in total.